The van der Waals surface area contributed by atoms with Crippen LogP contribution >= 0.6 is 0 Å². The topological polar surface area (TPSA) is 23.6 Å². The van der Waals surface area contributed by atoms with Gasteiger partial charge in [-0.15, -0.1) is 0 Å². The predicted molar refractivity (Wildman–Crippen MR) is 85.8 cm³/mol. The summed E-state index contributed by atoms with van der Waals surface area (Å²) in [5.74, 6) is 0.268. The van der Waals surface area contributed by atoms with E-state index in [1.165, 1.54) is 25.8 Å². The van der Waals surface area contributed by atoms with Crippen LogP contribution in [0.3, 0.4) is 0 Å². The van der Waals surface area contributed by atoms with Gasteiger partial charge in [0.25, 0.3) is 0 Å². The van der Waals surface area contributed by atoms with E-state index in [-0.39, 0.29) is 5.78 Å². The molecule has 3 heteroatoms. The zero-order valence-corrected chi connectivity index (χ0v) is 13.2. The molecule has 3 nitrogen and oxygen atoms in total. The van der Waals surface area contributed by atoms with Gasteiger partial charge >= 0.3 is 0 Å². The average Bonchev–Trinajstić information content (AvgIpc) is 2.48. The number of piperidine rings is 1. The van der Waals surface area contributed by atoms with Crippen molar-refractivity contribution in [3.05, 3.63) is 35.4 Å². The monoisotopic (exact) mass is 286 g/mol. The Morgan fingerprint density at radius 1 is 1.24 bits per heavy atom. The van der Waals surface area contributed by atoms with Crippen LogP contribution in [0, 0.1) is 6.92 Å². The molecule has 2 aliphatic rings. The minimum Gasteiger partial charge on any atom is -0.298 e. The van der Waals surface area contributed by atoms with Crippen molar-refractivity contribution in [2.75, 3.05) is 26.2 Å². The van der Waals surface area contributed by atoms with Crippen LogP contribution in [0.15, 0.2) is 24.3 Å². The highest BCUT2D eigenvalue weighted by Gasteiger charge is 2.33. The molecule has 0 N–H and O–H groups in total. The molecule has 2 aliphatic heterocycles. The Morgan fingerprint density at radius 3 is 2.86 bits per heavy atom. The first-order valence-corrected chi connectivity index (χ1v) is 8.22. The number of Topliss-reactive ketones (excluding diaryl/α,β-unsaturated/α-hetero) is 1. The summed E-state index contributed by atoms with van der Waals surface area (Å²) in [4.78, 5) is 17.6. The molecule has 0 aromatic heterocycles. The van der Waals surface area contributed by atoms with Crippen molar-refractivity contribution in [1.82, 2.24) is 9.80 Å². The maximum Gasteiger partial charge on any atom is 0.177 e. The van der Waals surface area contributed by atoms with E-state index in [2.05, 4.69) is 16.7 Å². The molecule has 1 aromatic rings. The van der Waals surface area contributed by atoms with Gasteiger partial charge in [-0.05, 0) is 38.8 Å². The lowest BCUT2D eigenvalue weighted by molar-refractivity contribution is 0.0166. The molecule has 0 radical (unpaired) electrons. The van der Waals surface area contributed by atoms with Crippen LogP contribution in [0.5, 0.6) is 0 Å². The van der Waals surface area contributed by atoms with E-state index in [1.807, 2.05) is 31.2 Å². The molecule has 114 valence electrons. The van der Waals surface area contributed by atoms with Gasteiger partial charge in [-0.3, -0.25) is 14.6 Å². The molecule has 2 heterocycles. The van der Waals surface area contributed by atoms with Gasteiger partial charge in [-0.25, -0.2) is 0 Å². The number of carbonyl (C=O) groups excluding carboxylic acids is 1. The summed E-state index contributed by atoms with van der Waals surface area (Å²) >= 11 is 0. The van der Waals surface area contributed by atoms with Crippen LogP contribution in [0.25, 0.3) is 0 Å². The number of hydrogen-bond acceptors (Lipinski definition) is 3. The molecule has 0 saturated carbocycles. The highest BCUT2D eigenvalue weighted by atomic mass is 16.1. The first-order valence-electron chi connectivity index (χ1n) is 8.22. The van der Waals surface area contributed by atoms with E-state index < -0.39 is 0 Å². The number of fused-ring (bicyclic) bond motifs is 1. The quantitative estimate of drug-likeness (QED) is 0.798. The van der Waals surface area contributed by atoms with Gasteiger partial charge in [-0.2, -0.15) is 0 Å². The van der Waals surface area contributed by atoms with E-state index >= 15 is 0 Å². The number of rotatable bonds is 3. The van der Waals surface area contributed by atoms with E-state index in [9.17, 15) is 4.79 Å². The van der Waals surface area contributed by atoms with Crippen molar-refractivity contribution in [1.29, 1.82) is 0 Å². The van der Waals surface area contributed by atoms with Gasteiger partial charge in [-0.1, -0.05) is 30.7 Å². The molecule has 2 fully saturated rings. The molecule has 2 atom stereocenters. The van der Waals surface area contributed by atoms with Crippen molar-refractivity contribution in [2.45, 2.75) is 45.2 Å². The fourth-order valence-electron chi connectivity index (χ4n) is 3.79. The highest BCUT2D eigenvalue weighted by Crippen LogP contribution is 2.24. The van der Waals surface area contributed by atoms with Gasteiger partial charge in [0.2, 0.25) is 0 Å². The second-order valence-electron chi connectivity index (χ2n) is 6.66. The van der Waals surface area contributed by atoms with Crippen LogP contribution in [0.2, 0.25) is 0 Å². The summed E-state index contributed by atoms with van der Waals surface area (Å²) in [6.07, 6.45) is 3.97. The molecular weight excluding hydrogens is 260 g/mol. The van der Waals surface area contributed by atoms with E-state index in [0.29, 0.717) is 18.6 Å². The third-order valence-corrected chi connectivity index (χ3v) is 5.11. The van der Waals surface area contributed by atoms with Crippen LogP contribution in [0.1, 0.15) is 42.1 Å². The summed E-state index contributed by atoms with van der Waals surface area (Å²) in [6.45, 7) is 8.27. The fourth-order valence-corrected chi connectivity index (χ4v) is 3.79. The Kier molecular flexibility index (Phi) is 4.41. The first kappa shape index (κ1) is 14.7. The van der Waals surface area contributed by atoms with Crippen molar-refractivity contribution >= 4 is 5.78 Å². The number of piperazine rings is 1. The maximum absolute atomic E-state index is 12.6. The average molecular weight is 286 g/mol. The SMILES string of the molecule is Cc1ccccc1C(=O)CN1CC2CCCCN2CC1C. The van der Waals surface area contributed by atoms with Crippen molar-refractivity contribution in [3.63, 3.8) is 0 Å². The number of hydrogen-bond donors (Lipinski definition) is 0. The minimum atomic E-state index is 0.268. The first-order chi connectivity index (χ1) is 10.1. The lowest BCUT2D eigenvalue weighted by Crippen LogP contribution is -2.59. The van der Waals surface area contributed by atoms with Gasteiger partial charge in [0.15, 0.2) is 5.78 Å². The third kappa shape index (κ3) is 3.19. The Hall–Kier alpha value is -1.19. The van der Waals surface area contributed by atoms with Gasteiger partial charge < -0.3 is 0 Å². The van der Waals surface area contributed by atoms with Crippen LogP contribution in [0.4, 0.5) is 0 Å². The minimum absolute atomic E-state index is 0.268. The van der Waals surface area contributed by atoms with Crippen LogP contribution < -0.4 is 0 Å². The van der Waals surface area contributed by atoms with E-state index in [4.69, 9.17) is 0 Å². The molecular formula is C18H26N2O. The summed E-state index contributed by atoms with van der Waals surface area (Å²) < 4.78 is 0. The Labute approximate surface area is 127 Å². The molecule has 0 aliphatic carbocycles. The number of benzene rings is 1. The number of carbonyl (C=O) groups is 1. The normalized spacial score (nSPS) is 27.3. The third-order valence-electron chi connectivity index (χ3n) is 5.11. The van der Waals surface area contributed by atoms with E-state index in [0.717, 1.165) is 24.2 Å². The number of nitrogens with zero attached hydrogens (tertiary/aromatic N) is 2. The molecule has 1 aromatic carbocycles. The molecule has 2 saturated heterocycles. The summed E-state index contributed by atoms with van der Waals surface area (Å²) in [6, 6.07) is 9.08. The summed E-state index contributed by atoms with van der Waals surface area (Å²) in [5, 5.41) is 0. The standard InChI is InChI=1S/C18H26N2O/c1-14-7-3-4-9-17(14)18(21)13-20-12-16-8-5-6-10-19(16)11-15(20)2/h3-4,7,9,15-16H,5-6,8,10-13H2,1-2H3. The largest absolute Gasteiger partial charge is 0.298 e. The Morgan fingerprint density at radius 2 is 2.05 bits per heavy atom. The zero-order chi connectivity index (χ0) is 14.8. The molecule has 0 amide bonds. The summed E-state index contributed by atoms with van der Waals surface area (Å²) in [7, 11) is 0. The second-order valence-corrected chi connectivity index (χ2v) is 6.66. The van der Waals surface area contributed by atoms with Crippen molar-refractivity contribution in [3.8, 4) is 0 Å². The predicted octanol–water partition coefficient (Wildman–Crippen LogP) is 2.74. The zero-order valence-electron chi connectivity index (χ0n) is 13.2. The Bertz CT molecular complexity index is 514. The summed E-state index contributed by atoms with van der Waals surface area (Å²) in [5.41, 5.74) is 1.97. The number of ketones is 1. The van der Waals surface area contributed by atoms with Gasteiger partial charge in [0.1, 0.15) is 0 Å². The molecule has 0 spiro atoms. The maximum atomic E-state index is 12.6. The molecule has 21 heavy (non-hydrogen) atoms. The van der Waals surface area contributed by atoms with Gasteiger partial charge in [0.05, 0.1) is 6.54 Å². The van der Waals surface area contributed by atoms with Gasteiger partial charge in [0, 0.05) is 30.7 Å². The Balaban J connectivity index is 1.67. The second kappa shape index (κ2) is 6.29. The molecule has 3 rings (SSSR count). The lowest BCUT2D eigenvalue weighted by Gasteiger charge is -2.47. The van der Waals surface area contributed by atoms with Crippen LogP contribution in [-0.2, 0) is 0 Å². The lowest BCUT2D eigenvalue weighted by atomic mass is 9.96. The van der Waals surface area contributed by atoms with Crippen molar-refractivity contribution < 1.29 is 4.79 Å². The van der Waals surface area contributed by atoms with Crippen molar-refractivity contribution in [2.24, 2.45) is 0 Å². The fraction of sp³-hybridized carbons (Fsp3) is 0.611. The number of aryl methyl sites for hydroxylation is 1. The molecule has 0 bridgehead atoms. The highest BCUT2D eigenvalue weighted by molar-refractivity contribution is 5.98. The van der Waals surface area contributed by atoms with Crippen LogP contribution in [-0.4, -0.2) is 53.8 Å². The van der Waals surface area contributed by atoms with E-state index in [1.54, 1.807) is 0 Å². The molecule has 2 unspecified atom stereocenters. The smallest absolute Gasteiger partial charge is 0.177 e.